The van der Waals surface area contributed by atoms with Crippen molar-refractivity contribution in [1.82, 2.24) is 14.6 Å². The van der Waals surface area contributed by atoms with E-state index in [1.165, 1.54) is 12.1 Å². The number of aryl methyl sites for hydroxylation is 1. The first-order chi connectivity index (χ1) is 13.6. The van der Waals surface area contributed by atoms with Crippen LogP contribution in [0.5, 0.6) is 11.5 Å². The summed E-state index contributed by atoms with van der Waals surface area (Å²) in [5.74, 6) is 1.74. The van der Waals surface area contributed by atoms with Crippen molar-refractivity contribution in [2.75, 3.05) is 19.5 Å². The highest BCUT2D eigenvalue weighted by Crippen LogP contribution is 2.32. The number of nitrogens with zero attached hydrogens (tertiary/aromatic N) is 3. The van der Waals surface area contributed by atoms with Crippen molar-refractivity contribution in [1.29, 1.82) is 0 Å². The Morgan fingerprint density at radius 1 is 0.929 bits per heavy atom. The molecule has 2 heterocycles. The SMILES string of the molecule is COc1ccc(-c2cc3nc(C)cc(Nc4ccc(F)cc4)n3n2)cc1OC. The molecule has 2 aromatic carbocycles. The van der Waals surface area contributed by atoms with E-state index in [1.807, 2.05) is 37.3 Å². The summed E-state index contributed by atoms with van der Waals surface area (Å²) in [7, 11) is 3.20. The van der Waals surface area contributed by atoms with Gasteiger partial charge in [-0.3, -0.25) is 0 Å². The molecule has 0 atom stereocenters. The average molecular weight is 378 g/mol. The molecule has 2 aromatic heterocycles. The highest BCUT2D eigenvalue weighted by molar-refractivity contribution is 5.69. The third-order valence-electron chi connectivity index (χ3n) is 4.35. The fourth-order valence-electron chi connectivity index (χ4n) is 3.01. The molecule has 0 spiro atoms. The lowest BCUT2D eigenvalue weighted by atomic mass is 10.1. The van der Waals surface area contributed by atoms with Gasteiger partial charge in [0, 0.05) is 29.1 Å². The number of anilines is 2. The Kier molecular flexibility index (Phi) is 4.57. The molecule has 0 saturated carbocycles. The lowest BCUT2D eigenvalue weighted by molar-refractivity contribution is 0.355. The quantitative estimate of drug-likeness (QED) is 0.550. The third-order valence-corrected chi connectivity index (χ3v) is 4.35. The van der Waals surface area contributed by atoms with E-state index in [0.717, 1.165) is 28.5 Å². The van der Waals surface area contributed by atoms with Crippen LogP contribution < -0.4 is 14.8 Å². The monoisotopic (exact) mass is 378 g/mol. The predicted octanol–water partition coefficient (Wildman–Crippen LogP) is 4.60. The Labute approximate surface area is 161 Å². The van der Waals surface area contributed by atoms with E-state index in [0.29, 0.717) is 17.1 Å². The van der Waals surface area contributed by atoms with E-state index in [4.69, 9.17) is 9.47 Å². The van der Waals surface area contributed by atoms with Gasteiger partial charge in [0.25, 0.3) is 0 Å². The molecule has 4 rings (SSSR count). The smallest absolute Gasteiger partial charge is 0.161 e. The molecule has 28 heavy (non-hydrogen) atoms. The minimum atomic E-state index is -0.281. The highest BCUT2D eigenvalue weighted by Gasteiger charge is 2.13. The summed E-state index contributed by atoms with van der Waals surface area (Å²) in [4.78, 5) is 4.56. The van der Waals surface area contributed by atoms with E-state index in [9.17, 15) is 4.39 Å². The van der Waals surface area contributed by atoms with E-state index >= 15 is 0 Å². The van der Waals surface area contributed by atoms with Gasteiger partial charge in [-0.05, 0) is 49.4 Å². The normalized spacial score (nSPS) is 10.9. The van der Waals surface area contributed by atoms with E-state index in [1.54, 1.807) is 30.9 Å². The average Bonchev–Trinajstić information content (AvgIpc) is 3.13. The van der Waals surface area contributed by atoms with E-state index < -0.39 is 0 Å². The molecule has 0 bridgehead atoms. The zero-order chi connectivity index (χ0) is 19.7. The van der Waals surface area contributed by atoms with Gasteiger partial charge in [0.15, 0.2) is 17.1 Å². The Morgan fingerprint density at radius 2 is 1.68 bits per heavy atom. The number of ether oxygens (including phenoxy) is 2. The molecular formula is C21H19FN4O2. The number of benzene rings is 2. The van der Waals surface area contributed by atoms with Gasteiger partial charge in [0.1, 0.15) is 11.6 Å². The molecule has 0 unspecified atom stereocenters. The van der Waals surface area contributed by atoms with Crippen molar-refractivity contribution in [3.8, 4) is 22.8 Å². The van der Waals surface area contributed by atoms with Crippen LogP contribution in [-0.2, 0) is 0 Å². The molecule has 0 saturated heterocycles. The number of halogens is 1. The van der Waals surface area contributed by atoms with Gasteiger partial charge in [0.2, 0.25) is 0 Å². The van der Waals surface area contributed by atoms with Crippen LogP contribution in [-0.4, -0.2) is 28.8 Å². The van der Waals surface area contributed by atoms with Crippen LogP contribution in [0.4, 0.5) is 15.9 Å². The second-order valence-corrected chi connectivity index (χ2v) is 6.28. The zero-order valence-corrected chi connectivity index (χ0v) is 15.7. The number of rotatable bonds is 5. The number of methoxy groups -OCH3 is 2. The number of fused-ring (bicyclic) bond motifs is 1. The van der Waals surface area contributed by atoms with Gasteiger partial charge >= 0.3 is 0 Å². The van der Waals surface area contributed by atoms with Crippen LogP contribution in [0.25, 0.3) is 16.9 Å². The molecule has 0 aliphatic rings. The molecule has 0 aliphatic heterocycles. The summed E-state index contributed by atoms with van der Waals surface area (Å²) in [5, 5.41) is 7.96. The lowest BCUT2D eigenvalue weighted by Gasteiger charge is -2.09. The number of nitrogens with one attached hydrogen (secondary N) is 1. The molecule has 0 amide bonds. The van der Waals surface area contributed by atoms with Crippen LogP contribution in [0.15, 0.2) is 54.6 Å². The van der Waals surface area contributed by atoms with Crippen LogP contribution in [0.2, 0.25) is 0 Å². The van der Waals surface area contributed by atoms with Crippen molar-refractivity contribution in [2.45, 2.75) is 6.92 Å². The Morgan fingerprint density at radius 3 is 2.39 bits per heavy atom. The molecule has 0 aliphatic carbocycles. The van der Waals surface area contributed by atoms with Gasteiger partial charge in [-0.2, -0.15) is 9.61 Å². The molecule has 0 radical (unpaired) electrons. The van der Waals surface area contributed by atoms with Gasteiger partial charge in [-0.15, -0.1) is 0 Å². The molecule has 6 nitrogen and oxygen atoms in total. The van der Waals surface area contributed by atoms with E-state index in [-0.39, 0.29) is 5.82 Å². The summed E-state index contributed by atoms with van der Waals surface area (Å²) < 4.78 is 25.6. The molecule has 0 fully saturated rings. The first kappa shape index (κ1) is 17.8. The summed E-state index contributed by atoms with van der Waals surface area (Å²) in [6.45, 7) is 1.92. The number of hydrogen-bond donors (Lipinski definition) is 1. The highest BCUT2D eigenvalue weighted by atomic mass is 19.1. The van der Waals surface area contributed by atoms with Crippen LogP contribution >= 0.6 is 0 Å². The summed E-state index contributed by atoms with van der Waals surface area (Å²) in [6.07, 6.45) is 0. The maximum atomic E-state index is 13.2. The number of aromatic nitrogens is 3. The summed E-state index contributed by atoms with van der Waals surface area (Å²) >= 11 is 0. The Hall–Kier alpha value is -3.61. The minimum Gasteiger partial charge on any atom is -0.493 e. The molecule has 4 aromatic rings. The first-order valence-corrected chi connectivity index (χ1v) is 8.70. The Balaban J connectivity index is 1.77. The Bertz CT molecular complexity index is 1140. The molecule has 142 valence electrons. The molecule has 1 N–H and O–H groups in total. The molecule has 7 heteroatoms. The fourth-order valence-corrected chi connectivity index (χ4v) is 3.01. The second-order valence-electron chi connectivity index (χ2n) is 6.28. The van der Waals surface area contributed by atoms with Gasteiger partial charge in [0.05, 0.1) is 19.9 Å². The lowest BCUT2D eigenvalue weighted by Crippen LogP contribution is -2.02. The molecular weight excluding hydrogens is 359 g/mol. The first-order valence-electron chi connectivity index (χ1n) is 8.70. The minimum absolute atomic E-state index is 0.281. The van der Waals surface area contributed by atoms with Crippen molar-refractivity contribution in [3.63, 3.8) is 0 Å². The standard InChI is InChI=1S/C21H19FN4O2/c1-13-10-20(24-16-7-5-15(22)6-8-16)26-21(23-13)12-17(25-26)14-4-9-18(27-2)19(11-14)28-3/h4-12,24H,1-3H3. The van der Waals surface area contributed by atoms with Gasteiger partial charge < -0.3 is 14.8 Å². The largest absolute Gasteiger partial charge is 0.493 e. The van der Waals surface area contributed by atoms with Crippen LogP contribution in [0.3, 0.4) is 0 Å². The van der Waals surface area contributed by atoms with E-state index in [2.05, 4.69) is 15.4 Å². The zero-order valence-electron chi connectivity index (χ0n) is 15.7. The topological polar surface area (TPSA) is 60.7 Å². The third kappa shape index (κ3) is 3.34. The van der Waals surface area contributed by atoms with Gasteiger partial charge in [-0.25, -0.2) is 9.37 Å². The summed E-state index contributed by atoms with van der Waals surface area (Å²) in [5.41, 5.74) is 3.94. The maximum Gasteiger partial charge on any atom is 0.161 e. The van der Waals surface area contributed by atoms with Crippen molar-refractivity contribution in [3.05, 3.63) is 66.1 Å². The fraction of sp³-hybridized carbons (Fsp3) is 0.143. The van der Waals surface area contributed by atoms with Crippen molar-refractivity contribution >= 4 is 17.2 Å². The van der Waals surface area contributed by atoms with Crippen molar-refractivity contribution in [2.24, 2.45) is 0 Å². The van der Waals surface area contributed by atoms with Gasteiger partial charge in [-0.1, -0.05) is 0 Å². The van der Waals surface area contributed by atoms with Crippen LogP contribution in [0.1, 0.15) is 5.69 Å². The summed E-state index contributed by atoms with van der Waals surface area (Å²) in [6, 6.07) is 15.6. The second kappa shape index (κ2) is 7.19. The predicted molar refractivity (Wildman–Crippen MR) is 106 cm³/mol. The van der Waals surface area contributed by atoms with Crippen LogP contribution in [0, 0.1) is 12.7 Å². The van der Waals surface area contributed by atoms with Crippen molar-refractivity contribution < 1.29 is 13.9 Å². The maximum absolute atomic E-state index is 13.2. The number of hydrogen-bond acceptors (Lipinski definition) is 5.